The van der Waals surface area contributed by atoms with Crippen LogP contribution in [-0.2, 0) is 17.8 Å². The van der Waals surface area contributed by atoms with E-state index in [0.717, 1.165) is 16.5 Å². The van der Waals surface area contributed by atoms with E-state index in [1.54, 1.807) is 0 Å². The van der Waals surface area contributed by atoms with Crippen molar-refractivity contribution in [1.29, 1.82) is 0 Å². The molecule has 0 radical (unpaired) electrons. The van der Waals surface area contributed by atoms with Crippen LogP contribution in [-0.4, -0.2) is 21.8 Å². The summed E-state index contributed by atoms with van der Waals surface area (Å²) < 4.78 is 0. The molecule has 134 valence electrons. The molecule has 0 saturated carbocycles. The highest BCUT2D eigenvalue weighted by molar-refractivity contribution is 5.79. The summed E-state index contributed by atoms with van der Waals surface area (Å²) in [5.74, 6) is 0.0661. The molecule has 4 nitrogen and oxygen atoms in total. The summed E-state index contributed by atoms with van der Waals surface area (Å²) >= 11 is 0. The number of fused-ring (bicyclic) bond motifs is 1. The first-order valence-corrected chi connectivity index (χ1v) is 8.99. The van der Waals surface area contributed by atoms with Crippen LogP contribution in [0.15, 0.2) is 65.5 Å². The summed E-state index contributed by atoms with van der Waals surface area (Å²) in [6.07, 6.45) is 0.767. The van der Waals surface area contributed by atoms with Crippen LogP contribution < -0.4 is 5.56 Å². The number of para-hydroxylation sites is 1. The summed E-state index contributed by atoms with van der Waals surface area (Å²) in [4.78, 5) is 29.8. The van der Waals surface area contributed by atoms with Crippen molar-refractivity contribution < 1.29 is 4.79 Å². The maximum absolute atomic E-state index is 12.8. The van der Waals surface area contributed by atoms with Gasteiger partial charge in [0, 0.05) is 30.1 Å². The third kappa shape index (κ3) is 4.20. The van der Waals surface area contributed by atoms with Gasteiger partial charge in [-0.3, -0.25) is 9.59 Å². The zero-order chi connectivity index (χ0) is 18.5. The zero-order valence-corrected chi connectivity index (χ0v) is 15.2. The number of aromatic nitrogens is 1. The van der Waals surface area contributed by atoms with Gasteiger partial charge in [-0.05, 0) is 43.4 Å². The van der Waals surface area contributed by atoms with Gasteiger partial charge >= 0.3 is 0 Å². The number of aromatic amines is 1. The highest BCUT2D eigenvalue weighted by Gasteiger charge is 2.17. The van der Waals surface area contributed by atoms with Crippen molar-refractivity contribution in [2.45, 2.75) is 39.3 Å². The molecule has 2 aromatic carbocycles. The number of nitrogens with one attached hydrogen (secondary N) is 1. The van der Waals surface area contributed by atoms with Gasteiger partial charge in [0.2, 0.25) is 5.91 Å². The van der Waals surface area contributed by atoms with Crippen molar-refractivity contribution in [2.24, 2.45) is 0 Å². The average Bonchev–Trinajstić information content (AvgIpc) is 2.64. The molecule has 1 heterocycles. The van der Waals surface area contributed by atoms with E-state index in [4.69, 9.17) is 0 Å². The number of amides is 1. The number of nitrogens with zero attached hydrogens (tertiary/aromatic N) is 1. The number of hydrogen-bond donors (Lipinski definition) is 1. The Hall–Kier alpha value is -2.88. The molecule has 0 aliphatic rings. The molecule has 0 aliphatic heterocycles. The summed E-state index contributed by atoms with van der Waals surface area (Å²) in [5, 5.41) is 0.986. The molecule has 1 N–H and O–H groups in total. The maximum Gasteiger partial charge on any atom is 0.251 e. The SMILES string of the molecule is CC(C)N(Cc1ccccc1)C(=O)CCc1cc2ccccc2[nH]c1=O. The highest BCUT2D eigenvalue weighted by Crippen LogP contribution is 2.14. The lowest BCUT2D eigenvalue weighted by atomic mass is 10.1. The second-order valence-corrected chi connectivity index (χ2v) is 6.81. The van der Waals surface area contributed by atoms with Crippen LogP contribution in [0.5, 0.6) is 0 Å². The molecule has 1 aromatic heterocycles. The largest absolute Gasteiger partial charge is 0.336 e. The fourth-order valence-corrected chi connectivity index (χ4v) is 3.10. The summed E-state index contributed by atoms with van der Waals surface area (Å²) in [6, 6.07) is 19.7. The van der Waals surface area contributed by atoms with Gasteiger partial charge in [-0.2, -0.15) is 0 Å². The van der Waals surface area contributed by atoms with Gasteiger partial charge in [-0.15, -0.1) is 0 Å². The maximum atomic E-state index is 12.8. The van der Waals surface area contributed by atoms with Gasteiger partial charge in [0.25, 0.3) is 5.56 Å². The Balaban J connectivity index is 1.72. The third-order valence-corrected chi connectivity index (χ3v) is 4.58. The quantitative estimate of drug-likeness (QED) is 0.734. The van der Waals surface area contributed by atoms with Crippen molar-refractivity contribution in [3.8, 4) is 0 Å². The minimum Gasteiger partial charge on any atom is -0.336 e. The number of benzene rings is 2. The Kier molecular flexibility index (Phi) is 5.52. The van der Waals surface area contributed by atoms with E-state index in [1.807, 2.05) is 79.4 Å². The normalized spacial score (nSPS) is 11.0. The van der Waals surface area contributed by atoms with Crippen LogP contribution in [0.4, 0.5) is 0 Å². The van der Waals surface area contributed by atoms with E-state index in [2.05, 4.69) is 4.98 Å². The van der Waals surface area contributed by atoms with E-state index in [0.29, 0.717) is 24.9 Å². The molecular weight excluding hydrogens is 324 g/mol. The first-order chi connectivity index (χ1) is 12.5. The van der Waals surface area contributed by atoms with E-state index < -0.39 is 0 Å². The third-order valence-electron chi connectivity index (χ3n) is 4.58. The number of hydrogen-bond acceptors (Lipinski definition) is 2. The van der Waals surface area contributed by atoms with Crippen molar-refractivity contribution in [2.75, 3.05) is 0 Å². The fraction of sp³-hybridized carbons (Fsp3) is 0.273. The van der Waals surface area contributed by atoms with Crippen LogP contribution in [0.1, 0.15) is 31.4 Å². The standard InChI is InChI=1S/C22H24N2O2/c1-16(2)24(15-17-8-4-3-5-9-17)21(25)13-12-19-14-18-10-6-7-11-20(18)23-22(19)26/h3-11,14,16H,12-13,15H2,1-2H3,(H,23,26). The Morgan fingerprint density at radius 3 is 2.46 bits per heavy atom. The van der Waals surface area contributed by atoms with Gasteiger partial charge < -0.3 is 9.88 Å². The van der Waals surface area contributed by atoms with Crippen molar-refractivity contribution >= 4 is 16.8 Å². The smallest absolute Gasteiger partial charge is 0.251 e. The number of aryl methyl sites for hydroxylation is 1. The van der Waals surface area contributed by atoms with Gasteiger partial charge in [-0.25, -0.2) is 0 Å². The van der Waals surface area contributed by atoms with E-state index in [1.165, 1.54) is 0 Å². The molecule has 0 unspecified atom stereocenters. The van der Waals surface area contributed by atoms with E-state index >= 15 is 0 Å². The minimum absolute atomic E-state index is 0.0661. The van der Waals surface area contributed by atoms with Gasteiger partial charge in [0.15, 0.2) is 0 Å². The summed E-state index contributed by atoms with van der Waals surface area (Å²) in [5.41, 5.74) is 2.47. The molecule has 3 rings (SSSR count). The number of pyridine rings is 1. The van der Waals surface area contributed by atoms with Crippen LogP contribution in [0.3, 0.4) is 0 Å². The number of H-pyrrole nitrogens is 1. The van der Waals surface area contributed by atoms with E-state index in [9.17, 15) is 9.59 Å². The Bertz CT molecular complexity index is 945. The minimum atomic E-state index is -0.115. The Labute approximate surface area is 153 Å². The monoisotopic (exact) mass is 348 g/mol. The second kappa shape index (κ2) is 8.00. The number of carbonyl (C=O) groups excluding carboxylic acids is 1. The van der Waals surface area contributed by atoms with Crippen LogP contribution in [0.2, 0.25) is 0 Å². The molecule has 0 atom stereocenters. The van der Waals surface area contributed by atoms with Crippen molar-refractivity contribution in [3.05, 3.63) is 82.1 Å². The predicted octanol–water partition coefficient (Wildman–Crippen LogP) is 3.90. The molecular formula is C22H24N2O2. The summed E-state index contributed by atoms with van der Waals surface area (Å²) in [6.45, 7) is 4.62. The first kappa shape index (κ1) is 17.9. The predicted molar refractivity (Wildman–Crippen MR) is 105 cm³/mol. The molecule has 26 heavy (non-hydrogen) atoms. The second-order valence-electron chi connectivity index (χ2n) is 6.81. The Morgan fingerprint density at radius 2 is 1.73 bits per heavy atom. The molecule has 0 spiro atoms. The zero-order valence-electron chi connectivity index (χ0n) is 15.2. The molecule has 0 saturated heterocycles. The van der Waals surface area contributed by atoms with Crippen LogP contribution >= 0.6 is 0 Å². The van der Waals surface area contributed by atoms with E-state index in [-0.39, 0.29) is 17.5 Å². The average molecular weight is 348 g/mol. The lowest BCUT2D eigenvalue weighted by Gasteiger charge is -2.27. The van der Waals surface area contributed by atoms with Crippen LogP contribution in [0, 0.1) is 0 Å². The first-order valence-electron chi connectivity index (χ1n) is 8.99. The summed E-state index contributed by atoms with van der Waals surface area (Å²) in [7, 11) is 0. The molecule has 3 aromatic rings. The van der Waals surface area contributed by atoms with Gasteiger partial charge in [0.1, 0.15) is 0 Å². The molecule has 0 bridgehead atoms. The highest BCUT2D eigenvalue weighted by atomic mass is 16.2. The van der Waals surface area contributed by atoms with Gasteiger partial charge in [-0.1, -0.05) is 48.5 Å². The van der Waals surface area contributed by atoms with Crippen molar-refractivity contribution in [1.82, 2.24) is 9.88 Å². The number of rotatable bonds is 6. The lowest BCUT2D eigenvalue weighted by Crippen LogP contribution is -2.36. The fourth-order valence-electron chi connectivity index (χ4n) is 3.10. The molecule has 4 heteroatoms. The van der Waals surface area contributed by atoms with Gasteiger partial charge in [0.05, 0.1) is 0 Å². The molecule has 1 amide bonds. The Morgan fingerprint density at radius 1 is 1.04 bits per heavy atom. The topological polar surface area (TPSA) is 53.2 Å². The molecule has 0 fully saturated rings. The molecule has 0 aliphatic carbocycles. The van der Waals surface area contributed by atoms with Crippen LogP contribution in [0.25, 0.3) is 10.9 Å². The lowest BCUT2D eigenvalue weighted by molar-refractivity contribution is -0.133. The van der Waals surface area contributed by atoms with Crippen molar-refractivity contribution in [3.63, 3.8) is 0 Å². The number of carbonyl (C=O) groups is 1.